The number of amides is 1. The average molecular weight is 351 g/mol. The number of sulfonamides is 1. The van der Waals surface area contributed by atoms with Crippen molar-refractivity contribution in [1.82, 2.24) is 9.71 Å². The van der Waals surface area contributed by atoms with Crippen LogP contribution in [0.3, 0.4) is 0 Å². The van der Waals surface area contributed by atoms with Crippen molar-refractivity contribution in [1.29, 1.82) is 0 Å². The first kappa shape index (κ1) is 15.2. The fourth-order valence-electron chi connectivity index (χ4n) is 1.36. The van der Waals surface area contributed by atoms with Crippen LogP contribution in [0.5, 0.6) is 0 Å². The molecule has 0 spiro atoms. The summed E-state index contributed by atoms with van der Waals surface area (Å²) >= 11 is 12.9. The molecule has 0 bridgehead atoms. The summed E-state index contributed by atoms with van der Waals surface area (Å²) in [5, 5.41) is 2.81. The molecular weight excluding hydrogens is 343 g/mol. The number of aromatic nitrogens is 1. The summed E-state index contributed by atoms with van der Waals surface area (Å²) in [7, 11) is -3.61. The molecule has 2 rings (SSSR count). The zero-order valence-corrected chi connectivity index (χ0v) is 13.2. The van der Waals surface area contributed by atoms with Gasteiger partial charge >= 0.3 is 0 Å². The SMILES string of the molecule is CS(=O)(=O)NC(=O)c1csc(-c2ccc(Cl)c(Cl)c2)n1. The van der Waals surface area contributed by atoms with Crippen molar-refractivity contribution >= 4 is 50.5 Å². The van der Waals surface area contributed by atoms with Gasteiger partial charge < -0.3 is 0 Å². The molecule has 0 atom stereocenters. The van der Waals surface area contributed by atoms with Crippen molar-refractivity contribution in [3.05, 3.63) is 39.3 Å². The molecule has 0 saturated carbocycles. The predicted molar refractivity (Wildman–Crippen MR) is 79.9 cm³/mol. The number of hydrogen-bond donors (Lipinski definition) is 1. The molecule has 0 aliphatic heterocycles. The Morgan fingerprint density at radius 1 is 1.30 bits per heavy atom. The molecule has 0 aliphatic carbocycles. The Morgan fingerprint density at radius 2 is 2.00 bits per heavy atom. The van der Waals surface area contributed by atoms with Gasteiger partial charge in [-0.1, -0.05) is 29.3 Å². The Hall–Kier alpha value is -1.15. The highest BCUT2D eigenvalue weighted by atomic mass is 35.5. The Labute approximate surface area is 129 Å². The summed E-state index contributed by atoms with van der Waals surface area (Å²) in [5.74, 6) is -0.768. The zero-order valence-electron chi connectivity index (χ0n) is 10.1. The second kappa shape index (κ2) is 5.69. The van der Waals surface area contributed by atoms with Crippen molar-refractivity contribution < 1.29 is 13.2 Å². The molecule has 1 aromatic heterocycles. The third-order valence-corrected chi connectivity index (χ3v) is 4.37. The maximum Gasteiger partial charge on any atom is 0.284 e. The molecule has 2 aromatic rings. The van der Waals surface area contributed by atoms with Crippen molar-refractivity contribution in [3.63, 3.8) is 0 Å². The van der Waals surface area contributed by atoms with E-state index >= 15 is 0 Å². The minimum absolute atomic E-state index is 0.0292. The van der Waals surface area contributed by atoms with Crippen LogP contribution in [-0.4, -0.2) is 25.6 Å². The quantitative estimate of drug-likeness (QED) is 0.923. The summed E-state index contributed by atoms with van der Waals surface area (Å²) < 4.78 is 23.8. The zero-order chi connectivity index (χ0) is 14.9. The lowest BCUT2D eigenvalue weighted by molar-refractivity contribution is 0.0977. The highest BCUT2D eigenvalue weighted by Crippen LogP contribution is 2.30. The first-order chi connectivity index (χ1) is 9.26. The standard InChI is InChI=1S/C11H8Cl2N2O3S2/c1-20(17,18)15-10(16)9-5-19-11(14-9)6-2-3-7(12)8(13)4-6/h2-5H,1H3,(H,15,16). The van der Waals surface area contributed by atoms with Crippen LogP contribution in [0.25, 0.3) is 10.6 Å². The number of carbonyl (C=O) groups excluding carboxylic acids is 1. The first-order valence-electron chi connectivity index (χ1n) is 5.19. The molecule has 9 heteroatoms. The van der Waals surface area contributed by atoms with Crippen LogP contribution < -0.4 is 4.72 Å². The highest BCUT2D eigenvalue weighted by Gasteiger charge is 2.15. The average Bonchev–Trinajstić information content (AvgIpc) is 2.80. The van der Waals surface area contributed by atoms with E-state index in [4.69, 9.17) is 23.2 Å². The Kier molecular flexibility index (Phi) is 4.33. The Balaban J connectivity index is 2.29. The number of halogens is 2. The fourth-order valence-corrected chi connectivity index (χ4v) is 2.90. The Bertz CT molecular complexity index is 772. The summed E-state index contributed by atoms with van der Waals surface area (Å²) in [5.41, 5.74) is 0.726. The summed E-state index contributed by atoms with van der Waals surface area (Å²) in [4.78, 5) is 15.7. The second-order valence-corrected chi connectivity index (χ2v) is 7.29. The van der Waals surface area contributed by atoms with Crippen LogP contribution in [0.15, 0.2) is 23.6 Å². The van der Waals surface area contributed by atoms with E-state index in [1.807, 2.05) is 4.72 Å². The normalized spacial score (nSPS) is 11.3. The van der Waals surface area contributed by atoms with Crippen molar-refractivity contribution in [2.45, 2.75) is 0 Å². The van der Waals surface area contributed by atoms with Gasteiger partial charge in [0.05, 0.1) is 16.3 Å². The number of thiazole rings is 1. The van der Waals surface area contributed by atoms with Crippen LogP contribution >= 0.6 is 34.5 Å². The molecule has 0 saturated heterocycles. The molecule has 106 valence electrons. The van der Waals surface area contributed by atoms with Crippen molar-refractivity contribution in [2.75, 3.05) is 6.26 Å². The third-order valence-electron chi connectivity index (χ3n) is 2.18. The van der Waals surface area contributed by atoms with Gasteiger partial charge in [-0.15, -0.1) is 11.3 Å². The van der Waals surface area contributed by atoms with Gasteiger partial charge in [0.15, 0.2) is 0 Å². The van der Waals surface area contributed by atoms with Gasteiger partial charge in [0.25, 0.3) is 5.91 Å². The molecule has 1 heterocycles. The van der Waals surface area contributed by atoms with E-state index in [1.165, 1.54) is 16.7 Å². The number of carbonyl (C=O) groups is 1. The van der Waals surface area contributed by atoms with Gasteiger partial charge in [-0.2, -0.15) is 0 Å². The van der Waals surface area contributed by atoms with Gasteiger partial charge in [0.2, 0.25) is 10.0 Å². The largest absolute Gasteiger partial charge is 0.284 e. The van der Waals surface area contributed by atoms with E-state index in [0.29, 0.717) is 20.6 Å². The lowest BCUT2D eigenvalue weighted by Gasteiger charge is -2.00. The number of benzene rings is 1. The molecular formula is C11H8Cl2N2O3S2. The third kappa shape index (κ3) is 3.69. The maximum absolute atomic E-state index is 11.6. The van der Waals surface area contributed by atoms with E-state index in [2.05, 4.69) is 4.98 Å². The van der Waals surface area contributed by atoms with Crippen LogP contribution in [0.4, 0.5) is 0 Å². The number of rotatable bonds is 3. The molecule has 1 aromatic carbocycles. The Morgan fingerprint density at radius 3 is 2.60 bits per heavy atom. The lowest BCUT2D eigenvalue weighted by Crippen LogP contribution is -2.29. The van der Waals surface area contributed by atoms with Crippen molar-refractivity contribution in [2.24, 2.45) is 0 Å². The van der Waals surface area contributed by atoms with Gasteiger partial charge in [-0.05, 0) is 12.1 Å². The van der Waals surface area contributed by atoms with E-state index in [9.17, 15) is 13.2 Å². The molecule has 0 fully saturated rings. The second-order valence-electron chi connectivity index (χ2n) is 3.87. The fraction of sp³-hybridized carbons (Fsp3) is 0.0909. The van der Waals surface area contributed by atoms with Crippen LogP contribution in [0.2, 0.25) is 10.0 Å². The monoisotopic (exact) mass is 350 g/mol. The molecule has 20 heavy (non-hydrogen) atoms. The van der Waals surface area contributed by atoms with Crippen LogP contribution in [0, 0.1) is 0 Å². The predicted octanol–water partition coefficient (Wildman–Crippen LogP) is 2.81. The molecule has 0 radical (unpaired) electrons. The summed E-state index contributed by atoms with van der Waals surface area (Å²) in [6.07, 6.45) is 0.900. The number of hydrogen-bond acceptors (Lipinski definition) is 5. The van der Waals surface area contributed by atoms with E-state index in [0.717, 1.165) is 6.26 Å². The summed E-state index contributed by atoms with van der Waals surface area (Å²) in [6.45, 7) is 0. The first-order valence-corrected chi connectivity index (χ1v) is 8.72. The molecule has 0 aliphatic rings. The summed E-state index contributed by atoms with van der Waals surface area (Å²) in [6, 6.07) is 4.96. The van der Waals surface area contributed by atoms with Crippen molar-refractivity contribution in [3.8, 4) is 10.6 Å². The van der Waals surface area contributed by atoms with E-state index in [-0.39, 0.29) is 5.69 Å². The topological polar surface area (TPSA) is 76.1 Å². The molecule has 1 amide bonds. The van der Waals surface area contributed by atoms with E-state index < -0.39 is 15.9 Å². The highest BCUT2D eigenvalue weighted by molar-refractivity contribution is 7.89. The molecule has 0 unspecified atom stereocenters. The van der Waals surface area contributed by atoms with Crippen LogP contribution in [0.1, 0.15) is 10.5 Å². The van der Waals surface area contributed by atoms with Gasteiger partial charge in [0, 0.05) is 10.9 Å². The van der Waals surface area contributed by atoms with E-state index in [1.54, 1.807) is 18.2 Å². The molecule has 5 nitrogen and oxygen atoms in total. The lowest BCUT2D eigenvalue weighted by atomic mass is 10.2. The molecule has 1 N–H and O–H groups in total. The van der Waals surface area contributed by atoms with Gasteiger partial charge in [0.1, 0.15) is 10.7 Å². The smallest absolute Gasteiger partial charge is 0.266 e. The van der Waals surface area contributed by atoms with Gasteiger partial charge in [-0.3, -0.25) is 4.79 Å². The number of nitrogens with one attached hydrogen (secondary N) is 1. The van der Waals surface area contributed by atoms with Gasteiger partial charge in [-0.25, -0.2) is 18.1 Å². The van der Waals surface area contributed by atoms with Crippen LogP contribution in [-0.2, 0) is 10.0 Å². The maximum atomic E-state index is 11.6. The number of nitrogens with zero attached hydrogens (tertiary/aromatic N) is 1. The minimum atomic E-state index is -3.61. The minimum Gasteiger partial charge on any atom is -0.266 e.